The van der Waals surface area contributed by atoms with Gasteiger partial charge < -0.3 is 0 Å². The Morgan fingerprint density at radius 3 is 2.33 bits per heavy atom. The Balaban J connectivity index is 1.53. The van der Waals surface area contributed by atoms with Crippen molar-refractivity contribution in [1.29, 1.82) is 0 Å². The summed E-state index contributed by atoms with van der Waals surface area (Å²) < 4.78 is 27.5. The molecule has 0 atom stereocenters. The summed E-state index contributed by atoms with van der Waals surface area (Å²) in [5, 5.41) is 0. The molecule has 1 saturated heterocycles. The van der Waals surface area contributed by atoms with Crippen LogP contribution in [0, 0.1) is 25.7 Å². The first kappa shape index (κ1) is 20.5. The zero-order chi connectivity index (χ0) is 19.4. The first-order chi connectivity index (χ1) is 12.9. The van der Waals surface area contributed by atoms with Gasteiger partial charge in [-0.05, 0) is 50.7 Å². The highest BCUT2D eigenvalue weighted by atomic mass is 32.2. The van der Waals surface area contributed by atoms with Crippen LogP contribution in [0.4, 0.5) is 0 Å². The molecule has 150 valence electrons. The summed E-state index contributed by atoms with van der Waals surface area (Å²) in [6.07, 6.45) is 9.55. The number of benzene rings is 1. The van der Waals surface area contributed by atoms with Gasteiger partial charge in [0.25, 0.3) is 0 Å². The lowest BCUT2D eigenvalue weighted by atomic mass is 9.83. The average Bonchev–Trinajstić information content (AvgIpc) is 2.66. The molecule has 1 aromatic rings. The molecule has 0 N–H and O–H groups in total. The van der Waals surface area contributed by atoms with Crippen molar-refractivity contribution >= 4 is 15.8 Å². The van der Waals surface area contributed by atoms with Crippen molar-refractivity contribution in [2.75, 3.05) is 13.1 Å². The molecule has 4 nitrogen and oxygen atoms in total. The third kappa shape index (κ3) is 5.00. The largest absolute Gasteiger partial charge is 0.299 e. The van der Waals surface area contributed by atoms with Gasteiger partial charge in [-0.2, -0.15) is 4.31 Å². The molecule has 0 amide bonds. The van der Waals surface area contributed by atoms with E-state index in [-0.39, 0.29) is 5.92 Å². The number of hydrogen-bond acceptors (Lipinski definition) is 3. The molecule has 1 aliphatic carbocycles. The molecule has 1 aromatic carbocycles. The number of carbonyl (C=O) groups is 1. The Hall–Kier alpha value is -1.20. The van der Waals surface area contributed by atoms with Crippen LogP contribution < -0.4 is 0 Å². The number of sulfonamides is 1. The Bertz CT molecular complexity index is 758. The topological polar surface area (TPSA) is 54.5 Å². The summed E-state index contributed by atoms with van der Waals surface area (Å²) in [5.41, 5.74) is 1.86. The summed E-state index contributed by atoms with van der Waals surface area (Å²) in [6.45, 7) is 4.72. The molecule has 2 fully saturated rings. The van der Waals surface area contributed by atoms with Crippen LogP contribution in [0.15, 0.2) is 23.1 Å². The van der Waals surface area contributed by atoms with Crippen LogP contribution in [0.25, 0.3) is 0 Å². The first-order valence-corrected chi connectivity index (χ1v) is 11.9. The molecule has 27 heavy (non-hydrogen) atoms. The standard InChI is InChI=1S/C22H33NO3S/c1-17-8-11-22(18(2)16-17)27(25,26)23-14-12-20(13-15-23)21(24)10-9-19-6-4-3-5-7-19/h8,11,16,19-20H,3-7,9-10,12-15H2,1-2H3. The van der Waals surface area contributed by atoms with Gasteiger partial charge >= 0.3 is 0 Å². The van der Waals surface area contributed by atoms with E-state index in [9.17, 15) is 13.2 Å². The number of nitrogens with zero attached hydrogens (tertiary/aromatic N) is 1. The molecule has 0 spiro atoms. The highest BCUT2D eigenvalue weighted by Gasteiger charge is 2.32. The Morgan fingerprint density at radius 1 is 1.04 bits per heavy atom. The van der Waals surface area contributed by atoms with Gasteiger partial charge in [0.2, 0.25) is 10.0 Å². The maximum absolute atomic E-state index is 13.0. The van der Waals surface area contributed by atoms with Crippen molar-refractivity contribution in [3.05, 3.63) is 29.3 Å². The quantitative estimate of drug-likeness (QED) is 0.710. The number of carbonyl (C=O) groups excluding carboxylic acids is 1. The smallest absolute Gasteiger partial charge is 0.243 e. The molecular formula is C22H33NO3S. The minimum atomic E-state index is -3.47. The van der Waals surface area contributed by atoms with Gasteiger partial charge in [0, 0.05) is 25.4 Å². The third-order valence-corrected chi connectivity index (χ3v) is 8.44. The number of aryl methyl sites for hydroxylation is 2. The van der Waals surface area contributed by atoms with E-state index < -0.39 is 10.0 Å². The average molecular weight is 392 g/mol. The molecule has 1 heterocycles. The lowest BCUT2D eigenvalue weighted by Gasteiger charge is -2.31. The van der Waals surface area contributed by atoms with Crippen LogP contribution in [0.5, 0.6) is 0 Å². The predicted molar refractivity (Wildman–Crippen MR) is 108 cm³/mol. The van der Waals surface area contributed by atoms with Crippen molar-refractivity contribution in [3.63, 3.8) is 0 Å². The van der Waals surface area contributed by atoms with E-state index in [1.807, 2.05) is 26.0 Å². The van der Waals surface area contributed by atoms with Crippen LogP contribution in [0.1, 0.15) is 68.9 Å². The summed E-state index contributed by atoms with van der Waals surface area (Å²) >= 11 is 0. The molecule has 0 bridgehead atoms. The summed E-state index contributed by atoms with van der Waals surface area (Å²) in [4.78, 5) is 13.0. The molecule has 5 heteroatoms. The maximum Gasteiger partial charge on any atom is 0.243 e. The van der Waals surface area contributed by atoms with Crippen LogP contribution in [0.2, 0.25) is 0 Å². The van der Waals surface area contributed by atoms with Gasteiger partial charge in [0.1, 0.15) is 5.78 Å². The van der Waals surface area contributed by atoms with Gasteiger partial charge in [0.05, 0.1) is 4.90 Å². The second kappa shape index (κ2) is 8.87. The van der Waals surface area contributed by atoms with Crippen molar-refractivity contribution < 1.29 is 13.2 Å². The minimum Gasteiger partial charge on any atom is -0.299 e. The number of rotatable bonds is 6. The fraction of sp³-hybridized carbons (Fsp3) is 0.682. The fourth-order valence-electron chi connectivity index (χ4n) is 4.67. The van der Waals surface area contributed by atoms with Gasteiger partial charge in [-0.3, -0.25) is 4.79 Å². The molecule has 1 aliphatic heterocycles. The monoisotopic (exact) mass is 391 g/mol. The van der Waals surface area contributed by atoms with E-state index >= 15 is 0 Å². The number of Topliss-reactive ketones (excluding diaryl/α,β-unsaturated/α-hetero) is 1. The van der Waals surface area contributed by atoms with Gasteiger partial charge in [-0.1, -0.05) is 49.8 Å². The van der Waals surface area contributed by atoms with Crippen LogP contribution in [0.3, 0.4) is 0 Å². The SMILES string of the molecule is Cc1ccc(S(=O)(=O)N2CCC(C(=O)CCC3CCCCC3)CC2)c(C)c1. The first-order valence-electron chi connectivity index (χ1n) is 10.5. The lowest BCUT2D eigenvalue weighted by Crippen LogP contribution is -2.40. The zero-order valence-electron chi connectivity index (χ0n) is 16.7. The molecule has 2 aliphatic rings. The summed E-state index contributed by atoms with van der Waals surface area (Å²) in [6, 6.07) is 5.47. The van der Waals surface area contributed by atoms with Crippen molar-refractivity contribution in [2.24, 2.45) is 11.8 Å². The molecule has 0 radical (unpaired) electrons. The van der Waals surface area contributed by atoms with Crippen molar-refractivity contribution in [2.45, 2.75) is 76.5 Å². The van der Waals surface area contributed by atoms with Crippen LogP contribution in [-0.2, 0) is 14.8 Å². The van der Waals surface area contributed by atoms with E-state index in [0.29, 0.717) is 43.0 Å². The van der Waals surface area contributed by atoms with E-state index in [0.717, 1.165) is 23.5 Å². The highest BCUT2D eigenvalue weighted by Crippen LogP contribution is 2.30. The molecular weight excluding hydrogens is 358 g/mol. The Kier molecular flexibility index (Phi) is 6.74. The molecule has 3 rings (SSSR count). The number of hydrogen-bond donors (Lipinski definition) is 0. The van der Waals surface area contributed by atoms with E-state index in [1.165, 1.54) is 32.1 Å². The molecule has 0 unspecified atom stereocenters. The van der Waals surface area contributed by atoms with E-state index in [4.69, 9.17) is 0 Å². The highest BCUT2D eigenvalue weighted by molar-refractivity contribution is 7.89. The van der Waals surface area contributed by atoms with E-state index in [2.05, 4.69) is 0 Å². The summed E-state index contributed by atoms with van der Waals surface area (Å²) in [7, 11) is -3.47. The van der Waals surface area contributed by atoms with Gasteiger partial charge in [0.15, 0.2) is 0 Å². The zero-order valence-corrected chi connectivity index (χ0v) is 17.6. The number of piperidine rings is 1. The molecule has 0 aromatic heterocycles. The lowest BCUT2D eigenvalue weighted by molar-refractivity contribution is -0.124. The van der Waals surface area contributed by atoms with E-state index in [1.54, 1.807) is 10.4 Å². The second-order valence-electron chi connectivity index (χ2n) is 8.46. The third-order valence-electron chi connectivity index (χ3n) is 6.38. The van der Waals surface area contributed by atoms with Crippen LogP contribution in [-0.4, -0.2) is 31.6 Å². The second-order valence-corrected chi connectivity index (χ2v) is 10.4. The van der Waals surface area contributed by atoms with Gasteiger partial charge in [-0.15, -0.1) is 0 Å². The number of ketones is 1. The maximum atomic E-state index is 13.0. The van der Waals surface area contributed by atoms with Crippen molar-refractivity contribution in [1.82, 2.24) is 4.31 Å². The Morgan fingerprint density at radius 2 is 1.70 bits per heavy atom. The van der Waals surface area contributed by atoms with Crippen molar-refractivity contribution in [3.8, 4) is 0 Å². The minimum absolute atomic E-state index is 0.0409. The predicted octanol–water partition coefficient (Wildman–Crippen LogP) is 4.63. The van der Waals surface area contributed by atoms with Crippen LogP contribution >= 0.6 is 0 Å². The van der Waals surface area contributed by atoms with Gasteiger partial charge in [-0.25, -0.2) is 8.42 Å². The molecule has 1 saturated carbocycles. The fourth-order valence-corrected chi connectivity index (χ4v) is 6.35. The Labute approximate surface area is 164 Å². The summed E-state index contributed by atoms with van der Waals surface area (Å²) in [5.74, 6) is 1.12. The normalized spacial score (nSPS) is 20.7.